The molecule has 4 rings (SSSR count). The van der Waals surface area contributed by atoms with Gasteiger partial charge in [0.25, 0.3) is 0 Å². The Kier molecular flexibility index (Phi) is 7.26. The summed E-state index contributed by atoms with van der Waals surface area (Å²) in [5.41, 5.74) is 1.11. The zero-order chi connectivity index (χ0) is 24.1. The quantitative estimate of drug-likeness (QED) is 0.450. The maximum Gasteiger partial charge on any atom is 0.232 e. The van der Waals surface area contributed by atoms with Gasteiger partial charge in [-0.15, -0.1) is 0 Å². The predicted octanol–water partition coefficient (Wildman–Crippen LogP) is 5.22. The molecule has 0 aliphatic heterocycles. The number of ether oxygens (including phenoxy) is 1. The number of rotatable bonds is 8. The third-order valence-electron chi connectivity index (χ3n) is 5.85. The van der Waals surface area contributed by atoms with E-state index in [1.807, 2.05) is 6.07 Å². The number of pyridine rings is 1. The van der Waals surface area contributed by atoms with Crippen LogP contribution in [0.15, 0.2) is 48.8 Å². The number of sulfonamides is 1. The summed E-state index contributed by atoms with van der Waals surface area (Å²) < 4.78 is 46.0. The maximum absolute atomic E-state index is 14.5. The van der Waals surface area contributed by atoms with Crippen molar-refractivity contribution in [1.29, 1.82) is 0 Å². The third kappa shape index (κ3) is 5.99. The molecule has 1 aliphatic carbocycles. The standard InChI is InChI=1S/C24H28FN5O3S/c1-3-34(31,32)30-22-11-10-18(15-20(22)25)33-23-19(5-4-13-26-23)21-12-14-27-24(29-21)28-17-8-6-16(2)7-9-17/h4-5,10-17,30H,3,6-9H2,1-2H3,(H,27,28,29). The van der Waals surface area contributed by atoms with E-state index >= 15 is 0 Å². The van der Waals surface area contributed by atoms with Gasteiger partial charge in [-0.1, -0.05) is 6.92 Å². The van der Waals surface area contributed by atoms with E-state index in [1.165, 1.54) is 31.9 Å². The molecule has 0 amide bonds. The fourth-order valence-electron chi connectivity index (χ4n) is 3.83. The van der Waals surface area contributed by atoms with Gasteiger partial charge in [0.2, 0.25) is 21.9 Å². The van der Waals surface area contributed by atoms with E-state index < -0.39 is 15.8 Å². The fourth-order valence-corrected chi connectivity index (χ4v) is 4.47. The second-order valence-corrected chi connectivity index (χ2v) is 10.5. The number of anilines is 2. The number of benzene rings is 1. The Morgan fingerprint density at radius 1 is 1.09 bits per heavy atom. The van der Waals surface area contributed by atoms with E-state index in [4.69, 9.17) is 4.74 Å². The van der Waals surface area contributed by atoms with E-state index in [1.54, 1.807) is 24.5 Å². The Morgan fingerprint density at radius 2 is 1.88 bits per heavy atom. The van der Waals surface area contributed by atoms with E-state index in [2.05, 4.69) is 31.9 Å². The zero-order valence-electron chi connectivity index (χ0n) is 19.2. The normalized spacial score (nSPS) is 18.3. The highest BCUT2D eigenvalue weighted by Crippen LogP contribution is 2.32. The molecule has 2 heterocycles. The van der Waals surface area contributed by atoms with Crippen molar-refractivity contribution in [3.8, 4) is 22.9 Å². The Morgan fingerprint density at radius 3 is 2.62 bits per heavy atom. The maximum atomic E-state index is 14.5. The molecule has 3 aromatic rings. The summed E-state index contributed by atoms with van der Waals surface area (Å²) in [5, 5.41) is 3.43. The van der Waals surface area contributed by atoms with Crippen molar-refractivity contribution in [2.45, 2.75) is 45.6 Å². The molecule has 1 fully saturated rings. The van der Waals surface area contributed by atoms with Gasteiger partial charge in [0.05, 0.1) is 22.7 Å². The van der Waals surface area contributed by atoms with Gasteiger partial charge in [0, 0.05) is 24.5 Å². The highest BCUT2D eigenvalue weighted by atomic mass is 32.2. The van der Waals surface area contributed by atoms with Crippen molar-refractivity contribution < 1.29 is 17.5 Å². The van der Waals surface area contributed by atoms with E-state index in [-0.39, 0.29) is 23.1 Å². The molecule has 1 saturated carbocycles. The molecule has 0 spiro atoms. The molecule has 0 bridgehead atoms. The van der Waals surface area contributed by atoms with Crippen molar-refractivity contribution in [1.82, 2.24) is 15.0 Å². The van der Waals surface area contributed by atoms with Crippen LogP contribution in [0.25, 0.3) is 11.3 Å². The molecular formula is C24H28FN5O3S. The lowest BCUT2D eigenvalue weighted by molar-refractivity contribution is 0.360. The summed E-state index contributed by atoms with van der Waals surface area (Å²) in [6.07, 6.45) is 7.81. The summed E-state index contributed by atoms with van der Waals surface area (Å²) in [6.45, 7) is 3.75. The smallest absolute Gasteiger partial charge is 0.232 e. The number of hydrogen-bond donors (Lipinski definition) is 2. The van der Waals surface area contributed by atoms with Crippen molar-refractivity contribution in [2.75, 3.05) is 15.8 Å². The predicted molar refractivity (Wildman–Crippen MR) is 130 cm³/mol. The minimum atomic E-state index is -3.59. The van der Waals surface area contributed by atoms with Crippen LogP contribution in [0.4, 0.5) is 16.0 Å². The second kappa shape index (κ2) is 10.3. The topological polar surface area (TPSA) is 106 Å². The highest BCUT2D eigenvalue weighted by molar-refractivity contribution is 7.92. The van der Waals surface area contributed by atoms with Crippen LogP contribution in [-0.4, -0.2) is 35.2 Å². The number of halogens is 1. The minimum Gasteiger partial charge on any atom is -0.438 e. The first-order chi connectivity index (χ1) is 16.3. The zero-order valence-corrected chi connectivity index (χ0v) is 20.0. The molecule has 0 unspecified atom stereocenters. The fraction of sp³-hybridized carbons (Fsp3) is 0.375. The van der Waals surface area contributed by atoms with Gasteiger partial charge in [-0.3, -0.25) is 4.72 Å². The molecule has 10 heteroatoms. The van der Waals surface area contributed by atoms with Crippen LogP contribution in [0, 0.1) is 11.7 Å². The molecular weight excluding hydrogens is 457 g/mol. The summed E-state index contributed by atoms with van der Waals surface area (Å²) in [7, 11) is -3.59. The molecule has 0 atom stereocenters. The monoisotopic (exact) mass is 485 g/mol. The van der Waals surface area contributed by atoms with Gasteiger partial charge in [0.15, 0.2) is 5.82 Å². The molecule has 0 saturated heterocycles. The molecule has 34 heavy (non-hydrogen) atoms. The van der Waals surface area contributed by atoms with Crippen LogP contribution in [0.1, 0.15) is 39.5 Å². The first kappa shape index (κ1) is 23.9. The average molecular weight is 486 g/mol. The SMILES string of the molecule is CCS(=O)(=O)Nc1ccc(Oc2ncccc2-c2ccnc(NC3CCC(C)CC3)n2)cc1F. The van der Waals surface area contributed by atoms with Crippen molar-refractivity contribution in [3.05, 3.63) is 54.6 Å². The second-order valence-electron chi connectivity index (χ2n) is 8.47. The van der Waals surface area contributed by atoms with Gasteiger partial charge in [-0.2, -0.15) is 0 Å². The van der Waals surface area contributed by atoms with Crippen molar-refractivity contribution in [2.24, 2.45) is 5.92 Å². The molecule has 2 N–H and O–H groups in total. The van der Waals surface area contributed by atoms with E-state index in [0.29, 0.717) is 23.2 Å². The van der Waals surface area contributed by atoms with Crippen LogP contribution >= 0.6 is 0 Å². The first-order valence-corrected chi connectivity index (χ1v) is 13.0. The van der Waals surface area contributed by atoms with Crippen LogP contribution < -0.4 is 14.8 Å². The number of nitrogens with zero attached hydrogens (tertiary/aromatic N) is 3. The Bertz CT molecular complexity index is 1250. The minimum absolute atomic E-state index is 0.140. The molecule has 0 radical (unpaired) electrons. The molecule has 2 aromatic heterocycles. The number of hydrogen-bond acceptors (Lipinski definition) is 7. The van der Waals surface area contributed by atoms with Crippen LogP contribution in [0.2, 0.25) is 0 Å². The summed E-state index contributed by atoms with van der Waals surface area (Å²) in [5.74, 6) is 0.831. The highest BCUT2D eigenvalue weighted by Gasteiger charge is 2.19. The molecule has 8 nitrogen and oxygen atoms in total. The number of aromatic nitrogens is 3. The first-order valence-electron chi connectivity index (χ1n) is 11.4. The van der Waals surface area contributed by atoms with Crippen LogP contribution in [0.5, 0.6) is 11.6 Å². The van der Waals surface area contributed by atoms with Crippen LogP contribution in [-0.2, 0) is 10.0 Å². The van der Waals surface area contributed by atoms with Crippen LogP contribution in [0.3, 0.4) is 0 Å². The van der Waals surface area contributed by atoms with Crippen molar-refractivity contribution >= 4 is 21.7 Å². The summed E-state index contributed by atoms with van der Waals surface area (Å²) in [4.78, 5) is 13.3. The lowest BCUT2D eigenvalue weighted by Crippen LogP contribution is -2.26. The van der Waals surface area contributed by atoms with Gasteiger partial charge >= 0.3 is 0 Å². The Balaban J connectivity index is 1.53. The lowest BCUT2D eigenvalue weighted by Gasteiger charge is -2.26. The molecule has 1 aliphatic rings. The third-order valence-corrected chi connectivity index (χ3v) is 7.14. The van der Waals surface area contributed by atoms with E-state index in [9.17, 15) is 12.8 Å². The Hall–Kier alpha value is -3.27. The van der Waals surface area contributed by atoms with Gasteiger partial charge in [-0.05, 0) is 68.9 Å². The average Bonchev–Trinajstić information content (AvgIpc) is 2.83. The summed E-state index contributed by atoms with van der Waals surface area (Å²) in [6, 6.07) is 9.61. The van der Waals surface area contributed by atoms with Crippen molar-refractivity contribution in [3.63, 3.8) is 0 Å². The van der Waals surface area contributed by atoms with E-state index in [0.717, 1.165) is 24.8 Å². The molecule has 1 aromatic carbocycles. The number of nitrogens with one attached hydrogen (secondary N) is 2. The molecule has 180 valence electrons. The lowest BCUT2D eigenvalue weighted by atomic mass is 9.87. The summed E-state index contributed by atoms with van der Waals surface area (Å²) >= 11 is 0. The largest absolute Gasteiger partial charge is 0.438 e. The van der Waals surface area contributed by atoms with Gasteiger partial charge in [-0.25, -0.2) is 27.8 Å². The van der Waals surface area contributed by atoms with Gasteiger partial charge < -0.3 is 10.1 Å². The van der Waals surface area contributed by atoms with Gasteiger partial charge in [0.1, 0.15) is 5.75 Å². The Labute approximate surface area is 199 Å².